The van der Waals surface area contributed by atoms with Crippen molar-refractivity contribution in [2.45, 2.75) is 31.8 Å². The molecule has 1 fully saturated rings. The summed E-state index contributed by atoms with van der Waals surface area (Å²) in [6, 6.07) is 7.84. The van der Waals surface area contributed by atoms with Crippen LogP contribution in [0.1, 0.15) is 30.4 Å². The van der Waals surface area contributed by atoms with E-state index >= 15 is 0 Å². The van der Waals surface area contributed by atoms with Gasteiger partial charge in [0.1, 0.15) is 4.99 Å². The molecule has 4 nitrogen and oxygen atoms in total. The Morgan fingerprint density at radius 1 is 1.45 bits per heavy atom. The Balaban J connectivity index is 2.19. The Labute approximate surface area is 125 Å². The van der Waals surface area contributed by atoms with E-state index in [2.05, 4.69) is 10.2 Å². The van der Waals surface area contributed by atoms with Crippen molar-refractivity contribution >= 4 is 23.1 Å². The minimum atomic E-state index is -0.0480. The number of nitrogens with one attached hydrogen (secondary N) is 1. The molecule has 1 unspecified atom stereocenters. The Morgan fingerprint density at radius 2 is 2.20 bits per heavy atom. The van der Waals surface area contributed by atoms with E-state index in [0.717, 1.165) is 36.9 Å². The summed E-state index contributed by atoms with van der Waals surface area (Å²) in [4.78, 5) is 14.6. The number of likely N-dealkylation sites (N-methyl/N-ethyl adjacent to an activating group) is 1. The number of rotatable bonds is 4. The first-order valence-electron chi connectivity index (χ1n) is 6.97. The zero-order valence-corrected chi connectivity index (χ0v) is 12.6. The smallest absolute Gasteiger partial charge is 0.237 e. The highest BCUT2D eigenvalue weighted by molar-refractivity contribution is 7.80. The summed E-state index contributed by atoms with van der Waals surface area (Å²) in [5, 5.41) is 2.76. The molecule has 1 aliphatic heterocycles. The van der Waals surface area contributed by atoms with Crippen molar-refractivity contribution < 1.29 is 4.79 Å². The summed E-state index contributed by atoms with van der Waals surface area (Å²) in [6.07, 6.45) is 3.14. The summed E-state index contributed by atoms with van der Waals surface area (Å²) in [5.41, 5.74) is 7.77. The number of hydrogen-bond acceptors (Lipinski definition) is 3. The predicted octanol–water partition coefficient (Wildman–Crippen LogP) is 1.42. The number of nitrogens with two attached hydrogens (primary N) is 1. The van der Waals surface area contributed by atoms with Gasteiger partial charge in [0.25, 0.3) is 0 Å². The first-order valence-corrected chi connectivity index (χ1v) is 7.37. The van der Waals surface area contributed by atoms with Crippen molar-refractivity contribution in [2.75, 3.05) is 13.6 Å². The second-order valence-corrected chi connectivity index (χ2v) is 5.56. The molecule has 2 rings (SSSR count). The summed E-state index contributed by atoms with van der Waals surface area (Å²) in [7, 11) is 1.69. The van der Waals surface area contributed by atoms with E-state index in [1.165, 1.54) is 0 Å². The molecule has 0 aliphatic carbocycles. The van der Waals surface area contributed by atoms with Gasteiger partial charge in [0, 0.05) is 19.2 Å². The van der Waals surface area contributed by atoms with Crippen molar-refractivity contribution in [1.29, 1.82) is 0 Å². The number of likely N-dealkylation sites (tertiary alicyclic amines) is 1. The minimum Gasteiger partial charge on any atom is -0.389 e. The highest BCUT2D eigenvalue weighted by atomic mass is 32.1. The van der Waals surface area contributed by atoms with E-state index in [9.17, 15) is 4.79 Å². The van der Waals surface area contributed by atoms with Crippen LogP contribution in [0, 0.1) is 0 Å². The van der Waals surface area contributed by atoms with Gasteiger partial charge in [-0.15, -0.1) is 0 Å². The molecular weight excluding hydrogens is 270 g/mol. The van der Waals surface area contributed by atoms with Crippen LogP contribution in [0.25, 0.3) is 0 Å². The van der Waals surface area contributed by atoms with E-state index in [1.54, 1.807) is 7.05 Å². The molecule has 5 heteroatoms. The topological polar surface area (TPSA) is 58.4 Å². The molecule has 1 heterocycles. The molecule has 3 N–H and O–H groups in total. The number of carbonyl (C=O) groups excluding carboxylic acids is 1. The van der Waals surface area contributed by atoms with Crippen LogP contribution < -0.4 is 11.1 Å². The second-order valence-electron chi connectivity index (χ2n) is 5.12. The zero-order chi connectivity index (χ0) is 14.5. The molecule has 0 saturated carbocycles. The average Bonchev–Trinajstić information content (AvgIpc) is 2.47. The molecule has 1 amide bonds. The molecular formula is C15H21N3OS. The first-order chi connectivity index (χ1) is 9.63. The number of thiocarbonyl (C=S) groups is 1. The van der Waals surface area contributed by atoms with E-state index in [1.807, 2.05) is 24.3 Å². The monoisotopic (exact) mass is 291 g/mol. The highest BCUT2D eigenvalue weighted by Gasteiger charge is 2.28. The molecule has 0 spiro atoms. The average molecular weight is 291 g/mol. The van der Waals surface area contributed by atoms with Gasteiger partial charge >= 0.3 is 0 Å². The summed E-state index contributed by atoms with van der Waals surface area (Å²) in [6.45, 7) is 1.65. The van der Waals surface area contributed by atoms with Gasteiger partial charge < -0.3 is 11.1 Å². The quantitative estimate of drug-likeness (QED) is 0.824. The number of amides is 1. The Bertz CT molecular complexity index is 504. The highest BCUT2D eigenvalue weighted by Crippen LogP contribution is 2.21. The fourth-order valence-electron chi connectivity index (χ4n) is 2.76. The molecule has 0 aromatic heterocycles. The number of piperidine rings is 1. The fraction of sp³-hybridized carbons (Fsp3) is 0.467. The number of carbonyl (C=O) groups is 1. The van der Waals surface area contributed by atoms with E-state index < -0.39 is 0 Å². The van der Waals surface area contributed by atoms with Crippen molar-refractivity contribution in [3.63, 3.8) is 0 Å². The standard InChI is InChI=1S/C15H21N3OS/c1-17-15(19)13-8-4-5-9-18(13)10-11-6-2-3-7-12(11)14(16)20/h2-3,6-7,13H,4-5,8-10H2,1H3,(H2,16,20)(H,17,19). The van der Waals surface area contributed by atoms with Crippen molar-refractivity contribution in [2.24, 2.45) is 5.73 Å². The fourth-order valence-corrected chi connectivity index (χ4v) is 2.96. The maximum absolute atomic E-state index is 12.0. The molecule has 1 aromatic carbocycles. The molecule has 1 aromatic rings. The van der Waals surface area contributed by atoms with Gasteiger partial charge in [-0.2, -0.15) is 0 Å². The Morgan fingerprint density at radius 3 is 2.90 bits per heavy atom. The largest absolute Gasteiger partial charge is 0.389 e. The number of benzene rings is 1. The number of hydrogen-bond donors (Lipinski definition) is 2. The lowest BCUT2D eigenvalue weighted by Crippen LogP contribution is -2.48. The van der Waals surface area contributed by atoms with E-state index in [4.69, 9.17) is 18.0 Å². The lowest BCUT2D eigenvalue weighted by molar-refractivity contribution is -0.127. The maximum Gasteiger partial charge on any atom is 0.237 e. The van der Waals surface area contributed by atoms with Crippen LogP contribution in [0.5, 0.6) is 0 Å². The van der Waals surface area contributed by atoms with Crippen LogP contribution in [0.2, 0.25) is 0 Å². The third-order valence-corrected chi connectivity index (χ3v) is 4.04. The lowest BCUT2D eigenvalue weighted by Gasteiger charge is -2.34. The zero-order valence-electron chi connectivity index (χ0n) is 11.8. The summed E-state index contributed by atoms with van der Waals surface area (Å²) >= 11 is 5.10. The van der Waals surface area contributed by atoms with Gasteiger partial charge in [-0.25, -0.2) is 0 Å². The van der Waals surface area contributed by atoms with Crippen molar-refractivity contribution in [3.05, 3.63) is 35.4 Å². The van der Waals surface area contributed by atoms with E-state index in [0.29, 0.717) is 11.5 Å². The maximum atomic E-state index is 12.0. The van der Waals surface area contributed by atoms with Crippen LogP contribution in [0.15, 0.2) is 24.3 Å². The Hall–Kier alpha value is -1.46. The normalized spacial score (nSPS) is 19.6. The first kappa shape index (κ1) is 14.9. The molecule has 0 radical (unpaired) electrons. The van der Waals surface area contributed by atoms with E-state index in [-0.39, 0.29) is 11.9 Å². The van der Waals surface area contributed by atoms with Gasteiger partial charge in [0.05, 0.1) is 6.04 Å². The molecule has 1 aliphatic rings. The van der Waals surface area contributed by atoms with Crippen LogP contribution in [0.4, 0.5) is 0 Å². The van der Waals surface area contributed by atoms with Gasteiger partial charge in [-0.3, -0.25) is 9.69 Å². The molecule has 108 valence electrons. The summed E-state index contributed by atoms with van der Waals surface area (Å²) in [5.74, 6) is 0.0949. The predicted molar refractivity (Wildman–Crippen MR) is 84.4 cm³/mol. The van der Waals surface area contributed by atoms with Gasteiger partial charge in [0.2, 0.25) is 5.91 Å². The van der Waals surface area contributed by atoms with Crippen LogP contribution in [0.3, 0.4) is 0 Å². The van der Waals surface area contributed by atoms with Crippen molar-refractivity contribution in [1.82, 2.24) is 10.2 Å². The molecule has 1 saturated heterocycles. The summed E-state index contributed by atoms with van der Waals surface area (Å²) < 4.78 is 0. The van der Waals surface area contributed by atoms with Gasteiger partial charge in [-0.1, -0.05) is 42.9 Å². The van der Waals surface area contributed by atoms with Crippen LogP contribution in [-0.2, 0) is 11.3 Å². The lowest BCUT2D eigenvalue weighted by atomic mass is 9.99. The molecule has 20 heavy (non-hydrogen) atoms. The van der Waals surface area contributed by atoms with Gasteiger partial charge in [-0.05, 0) is 24.9 Å². The van der Waals surface area contributed by atoms with Crippen LogP contribution in [-0.4, -0.2) is 35.4 Å². The number of nitrogens with zero attached hydrogens (tertiary/aromatic N) is 1. The second kappa shape index (κ2) is 6.81. The third-order valence-electron chi connectivity index (χ3n) is 3.82. The SMILES string of the molecule is CNC(=O)C1CCCCN1Cc1ccccc1C(N)=S. The third kappa shape index (κ3) is 3.35. The minimum absolute atomic E-state index is 0.0480. The Kier molecular flexibility index (Phi) is 5.09. The molecule has 1 atom stereocenters. The van der Waals surface area contributed by atoms with Crippen molar-refractivity contribution in [3.8, 4) is 0 Å². The van der Waals surface area contributed by atoms with Crippen LogP contribution >= 0.6 is 12.2 Å². The van der Waals surface area contributed by atoms with Gasteiger partial charge in [0.15, 0.2) is 0 Å². The molecule has 0 bridgehead atoms.